The van der Waals surface area contributed by atoms with Crippen molar-refractivity contribution in [1.82, 2.24) is 0 Å². The first-order chi connectivity index (χ1) is 18.7. The van der Waals surface area contributed by atoms with Crippen LogP contribution in [-0.2, 0) is 35.8 Å². The molecule has 41 heavy (non-hydrogen) atoms. The summed E-state index contributed by atoms with van der Waals surface area (Å²) in [6, 6.07) is 37.3. The van der Waals surface area contributed by atoms with E-state index in [1.807, 2.05) is 0 Å². The van der Waals surface area contributed by atoms with Gasteiger partial charge in [0.05, 0.1) is 0 Å². The molecule has 0 aromatic heterocycles. The Morgan fingerprint density at radius 1 is 0.537 bits per heavy atom. The quantitative estimate of drug-likeness (QED) is 0.190. The van der Waals surface area contributed by atoms with Crippen LogP contribution in [0, 0.1) is 27.7 Å². The van der Waals surface area contributed by atoms with Crippen molar-refractivity contribution in [1.29, 1.82) is 0 Å². The van der Waals surface area contributed by atoms with Gasteiger partial charge in [-0.15, -0.1) is 81.9 Å². The molecular weight excluding hydrogens is 722 g/mol. The molecule has 0 N–H and O–H groups in total. The van der Waals surface area contributed by atoms with Crippen LogP contribution in [0.5, 0.6) is 0 Å². The van der Waals surface area contributed by atoms with Crippen molar-refractivity contribution in [2.24, 2.45) is 0 Å². The minimum atomic E-state index is -0.0733. The summed E-state index contributed by atoms with van der Waals surface area (Å²) in [6.07, 6.45) is 2.21. The number of halogens is 2. The number of benzene rings is 3. The van der Waals surface area contributed by atoms with Crippen LogP contribution < -0.4 is 30.0 Å². The molecule has 0 fully saturated rings. The fraction of sp³-hybridized carbons (Fsp3) is 0.243. The predicted molar refractivity (Wildman–Crippen MR) is 170 cm³/mol. The normalized spacial score (nSPS) is 9.78. The summed E-state index contributed by atoms with van der Waals surface area (Å²) >= 11 is 1.36. The fourth-order valence-electron chi connectivity index (χ4n) is 4.95. The first-order valence-corrected chi connectivity index (χ1v) is 21.4. The second kappa shape index (κ2) is 18.5. The van der Waals surface area contributed by atoms with Crippen LogP contribution in [0.15, 0.2) is 103 Å². The molecule has 0 heterocycles. The van der Waals surface area contributed by atoms with Gasteiger partial charge in [-0.25, -0.2) is 0 Å². The van der Waals surface area contributed by atoms with Gasteiger partial charge in [-0.3, -0.25) is 0 Å². The Labute approximate surface area is 276 Å². The molecule has 0 aliphatic heterocycles. The number of hydrogen-bond donors (Lipinski definition) is 0. The summed E-state index contributed by atoms with van der Waals surface area (Å²) < 4.78 is 0. The molecule has 214 valence electrons. The zero-order chi connectivity index (χ0) is 28.4. The van der Waals surface area contributed by atoms with E-state index in [2.05, 4.69) is 151 Å². The zero-order valence-electron chi connectivity index (χ0n) is 25.5. The topological polar surface area (TPSA) is 0 Å². The second-order valence-electron chi connectivity index (χ2n) is 10.2. The maximum atomic E-state index is 2.37. The minimum absolute atomic E-state index is 0. The Balaban J connectivity index is 0.000000310. The van der Waals surface area contributed by atoms with E-state index in [4.69, 9.17) is 0 Å². The van der Waals surface area contributed by atoms with Gasteiger partial charge >= 0.3 is 70.6 Å². The van der Waals surface area contributed by atoms with Gasteiger partial charge in [0.15, 0.2) is 0 Å². The summed E-state index contributed by atoms with van der Waals surface area (Å²) in [5.41, 5.74) is 13.8. The molecule has 0 atom stereocenters. The zero-order valence-corrected chi connectivity index (χ0v) is 31.6. The van der Waals surface area contributed by atoms with Gasteiger partial charge in [-0.1, -0.05) is 88.1 Å². The van der Waals surface area contributed by atoms with Crippen molar-refractivity contribution in [3.8, 4) is 22.3 Å². The molecule has 0 saturated carbocycles. The standard InChI is InChI=1S/2C15H17.C7H8Si.2ClH.Hf/c2*1-4-13-6-5-7-14(10-13)15-11(2)8-9-12(15)3;1-8-7-5-3-2-4-6-7;;;/h2*5-10H,4H2,1-3H3;2-6H,1H3;2*1H;/q2*-1;;;;+2/p-2. The molecule has 0 unspecified atom stereocenters. The summed E-state index contributed by atoms with van der Waals surface area (Å²) in [7, 11) is 0. The van der Waals surface area contributed by atoms with E-state index in [0.29, 0.717) is 0 Å². The minimum Gasteiger partial charge on any atom is -1.00 e. The van der Waals surface area contributed by atoms with Crippen molar-refractivity contribution < 1.29 is 47.8 Å². The molecule has 5 aromatic carbocycles. The Morgan fingerprint density at radius 2 is 0.902 bits per heavy atom. The van der Waals surface area contributed by atoms with Crippen LogP contribution in [0.25, 0.3) is 22.3 Å². The molecule has 0 amide bonds. The van der Waals surface area contributed by atoms with Gasteiger partial charge in [0.25, 0.3) is 0 Å². The van der Waals surface area contributed by atoms with Crippen molar-refractivity contribution in [2.45, 2.75) is 60.9 Å². The summed E-state index contributed by atoms with van der Waals surface area (Å²) in [6.45, 7) is 15.5. The van der Waals surface area contributed by atoms with Gasteiger partial charge in [0.2, 0.25) is 0 Å². The van der Waals surface area contributed by atoms with Crippen molar-refractivity contribution in [3.05, 3.63) is 137 Å². The van der Waals surface area contributed by atoms with Gasteiger partial charge in [-0.05, 0) is 12.8 Å². The van der Waals surface area contributed by atoms with E-state index >= 15 is 0 Å². The fourth-order valence-corrected chi connectivity index (χ4v) is 7.44. The average Bonchev–Trinajstić information content (AvgIpc) is 3.48. The van der Waals surface area contributed by atoms with E-state index in [1.54, 1.807) is 5.19 Å². The van der Waals surface area contributed by atoms with Gasteiger partial charge in [-0.2, -0.15) is 0 Å². The van der Waals surface area contributed by atoms with Crippen molar-refractivity contribution in [3.63, 3.8) is 0 Å². The molecule has 0 nitrogen and oxygen atoms in total. The number of hydrogen-bond acceptors (Lipinski definition) is 0. The maximum Gasteiger partial charge on any atom is -1.00 e. The van der Waals surface area contributed by atoms with E-state index in [-0.39, 0.29) is 30.3 Å². The molecule has 0 aliphatic carbocycles. The average molecular weight is 764 g/mol. The van der Waals surface area contributed by atoms with Crippen LogP contribution in [0.2, 0.25) is 6.55 Å². The van der Waals surface area contributed by atoms with Gasteiger partial charge in [0, 0.05) is 0 Å². The van der Waals surface area contributed by atoms with Crippen LogP contribution in [-0.4, -0.2) is 5.49 Å². The van der Waals surface area contributed by atoms with E-state index < -0.39 is 0 Å². The van der Waals surface area contributed by atoms with E-state index in [0.717, 1.165) is 12.8 Å². The van der Waals surface area contributed by atoms with Crippen LogP contribution in [0.4, 0.5) is 0 Å². The number of aryl methyl sites for hydroxylation is 6. The molecular formula is C37H42Cl2HfSi-2. The molecule has 5 rings (SSSR count). The third-order valence-corrected chi connectivity index (χ3v) is 11.5. The van der Waals surface area contributed by atoms with Gasteiger partial charge < -0.3 is 24.8 Å². The van der Waals surface area contributed by atoms with Crippen molar-refractivity contribution in [2.75, 3.05) is 0 Å². The Hall–Kier alpha value is -1.97. The van der Waals surface area contributed by atoms with Crippen LogP contribution >= 0.6 is 0 Å². The van der Waals surface area contributed by atoms with E-state index in [1.165, 1.54) is 78.6 Å². The largest absolute Gasteiger partial charge is 1.00 e. The SMILES string of the molecule is CCc1cccc(-[c-]2c(C)ccc2C)c1.CCc1cccc(-[c-]2c(C)ccc2C)c1.C[Si](=[Hf+2])c1ccccc1.[Cl-].[Cl-]. The third-order valence-electron chi connectivity index (χ3n) is 7.20. The summed E-state index contributed by atoms with van der Waals surface area (Å²) in [5, 5.41) is 1.58. The second-order valence-corrected chi connectivity index (χ2v) is 20.2. The smallest absolute Gasteiger partial charge is 1.00 e. The Morgan fingerprint density at radius 3 is 1.20 bits per heavy atom. The molecule has 0 aliphatic rings. The summed E-state index contributed by atoms with van der Waals surface area (Å²) in [5.74, 6) is 0. The molecule has 0 spiro atoms. The van der Waals surface area contributed by atoms with Crippen molar-refractivity contribution >= 4 is 10.7 Å². The molecule has 0 radical (unpaired) electrons. The van der Waals surface area contributed by atoms with Crippen LogP contribution in [0.1, 0.15) is 47.2 Å². The molecule has 4 heteroatoms. The maximum absolute atomic E-state index is 2.37. The number of rotatable bonds is 5. The predicted octanol–water partition coefficient (Wildman–Crippen LogP) is 3.57. The van der Waals surface area contributed by atoms with Crippen LogP contribution in [0.3, 0.4) is 0 Å². The first-order valence-electron chi connectivity index (χ1n) is 14.0. The molecule has 0 saturated heterocycles. The Bertz CT molecular complexity index is 1370. The first kappa shape index (κ1) is 37.1. The monoisotopic (exact) mass is 764 g/mol. The molecule has 0 bridgehead atoms. The Kier molecular flexibility index (Phi) is 16.8. The molecule has 5 aromatic rings. The third kappa shape index (κ3) is 10.7. The van der Waals surface area contributed by atoms with Gasteiger partial charge in [0.1, 0.15) is 0 Å². The van der Waals surface area contributed by atoms with E-state index in [9.17, 15) is 0 Å². The summed E-state index contributed by atoms with van der Waals surface area (Å²) in [4.78, 5) is 0.